The topological polar surface area (TPSA) is 83.5 Å². The molecule has 20 heavy (non-hydrogen) atoms. The molecule has 1 rings (SSSR count). The molecule has 2 N–H and O–H groups in total. The number of hydrogen-bond acceptors (Lipinski definition) is 3. The van der Waals surface area contributed by atoms with Gasteiger partial charge in [0, 0.05) is 0 Å². The summed E-state index contributed by atoms with van der Waals surface area (Å²) in [4.78, 5) is 10.9. The van der Waals surface area contributed by atoms with E-state index in [2.05, 4.69) is 4.72 Å². The minimum atomic E-state index is -3.95. The van der Waals surface area contributed by atoms with Crippen molar-refractivity contribution in [2.24, 2.45) is 0 Å². The fraction of sp³-hybridized carbons (Fsp3) is 0.417. The maximum atomic E-state index is 12.1. The summed E-state index contributed by atoms with van der Waals surface area (Å²) in [6.45, 7) is 1.90. The Hall–Kier alpha value is -0.820. The number of aliphatic carboxylic acids is 1. The zero-order valence-electron chi connectivity index (χ0n) is 10.8. The summed E-state index contributed by atoms with van der Waals surface area (Å²) >= 11 is 11.5. The van der Waals surface area contributed by atoms with Crippen molar-refractivity contribution in [3.63, 3.8) is 0 Å². The normalized spacial score (nSPS) is 13.2. The van der Waals surface area contributed by atoms with Crippen molar-refractivity contribution < 1.29 is 18.3 Å². The molecule has 0 aliphatic heterocycles. The van der Waals surface area contributed by atoms with Crippen LogP contribution in [0.1, 0.15) is 26.2 Å². The van der Waals surface area contributed by atoms with Gasteiger partial charge in [-0.1, -0.05) is 43.0 Å². The molecular formula is C12H15Cl2NO4S. The van der Waals surface area contributed by atoms with Gasteiger partial charge in [-0.2, -0.15) is 4.72 Å². The van der Waals surface area contributed by atoms with Gasteiger partial charge in [-0.3, -0.25) is 4.79 Å². The molecule has 0 fully saturated rings. The third-order valence-electron chi connectivity index (χ3n) is 2.64. The fourth-order valence-corrected chi connectivity index (χ4v) is 3.15. The van der Waals surface area contributed by atoms with Gasteiger partial charge < -0.3 is 5.11 Å². The zero-order valence-corrected chi connectivity index (χ0v) is 13.1. The molecule has 112 valence electrons. The average molecular weight is 340 g/mol. The number of carboxylic acid groups (broad SMARTS) is 1. The molecule has 1 unspecified atom stereocenters. The first kappa shape index (κ1) is 17.2. The Morgan fingerprint density at radius 1 is 1.35 bits per heavy atom. The van der Waals surface area contributed by atoms with Crippen LogP contribution in [-0.2, 0) is 14.8 Å². The van der Waals surface area contributed by atoms with Crippen molar-refractivity contribution in [1.82, 2.24) is 4.72 Å². The van der Waals surface area contributed by atoms with Crippen LogP contribution in [0.25, 0.3) is 0 Å². The Balaban J connectivity index is 2.97. The summed E-state index contributed by atoms with van der Waals surface area (Å²) < 4.78 is 26.4. The van der Waals surface area contributed by atoms with Gasteiger partial charge in [-0.05, 0) is 24.6 Å². The number of rotatable bonds is 7. The quantitative estimate of drug-likeness (QED) is 0.799. The third kappa shape index (κ3) is 4.63. The van der Waals surface area contributed by atoms with E-state index in [0.717, 1.165) is 6.42 Å². The highest BCUT2D eigenvalue weighted by molar-refractivity contribution is 7.89. The molecule has 0 heterocycles. The minimum Gasteiger partial charge on any atom is -0.480 e. The van der Waals surface area contributed by atoms with E-state index in [0.29, 0.717) is 6.42 Å². The van der Waals surface area contributed by atoms with Gasteiger partial charge in [-0.25, -0.2) is 8.42 Å². The van der Waals surface area contributed by atoms with Gasteiger partial charge in [0.05, 0.1) is 14.9 Å². The third-order valence-corrected chi connectivity index (χ3v) is 4.85. The summed E-state index contributed by atoms with van der Waals surface area (Å²) in [6.07, 6.45) is 1.62. The Morgan fingerprint density at radius 3 is 2.50 bits per heavy atom. The zero-order chi connectivity index (χ0) is 15.3. The standard InChI is InChI=1S/C12H15Cl2NO4S/c1-2-3-4-11(12(16)17)15-20(18,19)8-5-6-9(13)10(14)7-8/h5-7,11,15H,2-4H2,1H3,(H,16,17). The number of unbranched alkanes of at least 4 members (excludes halogenated alkanes) is 1. The molecule has 0 radical (unpaired) electrons. The van der Waals surface area contributed by atoms with Gasteiger partial charge in [-0.15, -0.1) is 0 Å². The van der Waals surface area contributed by atoms with Crippen LogP contribution in [0.15, 0.2) is 23.1 Å². The Kier molecular flexibility index (Phi) is 6.26. The second kappa shape index (κ2) is 7.26. The Bertz CT molecular complexity index is 589. The predicted molar refractivity (Wildman–Crippen MR) is 77.7 cm³/mol. The van der Waals surface area contributed by atoms with E-state index in [1.165, 1.54) is 18.2 Å². The molecule has 0 saturated carbocycles. The second-order valence-corrected chi connectivity index (χ2v) is 6.76. The van der Waals surface area contributed by atoms with Crippen LogP contribution >= 0.6 is 23.2 Å². The highest BCUT2D eigenvalue weighted by Crippen LogP contribution is 2.25. The number of carbonyl (C=O) groups is 1. The van der Waals surface area contributed by atoms with Gasteiger partial charge in [0.2, 0.25) is 10.0 Å². The van der Waals surface area contributed by atoms with E-state index in [4.69, 9.17) is 28.3 Å². The van der Waals surface area contributed by atoms with Crippen LogP contribution in [0, 0.1) is 0 Å². The smallest absolute Gasteiger partial charge is 0.321 e. The number of hydrogen-bond donors (Lipinski definition) is 2. The molecule has 8 heteroatoms. The molecule has 0 bridgehead atoms. The van der Waals surface area contributed by atoms with Crippen LogP contribution in [0.2, 0.25) is 10.0 Å². The van der Waals surface area contributed by atoms with Crippen molar-refractivity contribution >= 4 is 39.2 Å². The predicted octanol–water partition coefficient (Wildman–Crippen LogP) is 2.92. The van der Waals surface area contributed by atoms with Crippen LogP contribution in [0.3, 0.4) is 0 Å². The largest absolute Gasteiger partial charge is 0.480 e. The summed E-state index contributed by atoms with van der Waals surface area (Å²) in [5.41, 5.74) is 0. The highest BCUT2D eigenvalue weighted by atomic mass is 35.5. The first-order chi connectivity index (χ1) is 9.27. The van der Waals surface area contributed by atoms with Gasteiger partial charge in [0.25, 0.3) is 0 Å². The fourth-order valence-electron chi connectivity index (χ4n) is 1.54. The minimum absolute atomic E-state index is 0.0926. The molecule has 0 aromatic heterocycles. The Labute approximate surface area is 127 Å². The van der Waals surface area contributed by atoms with Gasteiger partial charge in [0.1, 0.15) is 6.04 Å². The van der Waals surface area contributed by atoms with Crippen molar-refractivity contribution in [2.75, 3.05) is 0 Å². The van der Waals surface area contributed by atoms with E-state index in [1.807, 2.05) is 6.92 Å². The average Bonchev–Trinajstić information content (AvgIpc) is 2.37. The van der Waals surface area contributed by atoms with E-state index in [-0.39, 0.29) is 21.4 Å². The van der Waals surface area contributed by atoms with Crippen LogP contribution in [0.4, 0.5) is 0 Å². The maximum Gasteiger partial charge on any atom is 0.321 e. The SMILES string of the molecule is CCCCC(NS(=O)(=O)c1ccc(Cl)c(Cl)c1)C(=O)O. The number of benzene rings is 1. The molecule has 1 aromatic rings. The highest BCUT2D eigenvalue weighted by Gasteiger charge is 2.25. The second-order valence-electron chi connectivity index (χ2n) is 4.23. The molecule has 0 aliphatic carbocycles. The lowest BCUT2D eigenvalue weighted by molar-refractivity contribution is -0.139. The van der Waals surface area contributed by atoms with E-state index >= 15 is 0 Å². The maximum absolute atomic E-state index is 12.1. The first-order valence-electron chi connectivity index (χ1n) is 5.98. The molecule has 0 saturated heterocycles. The summed E-state index contributed by atoms with van der Waals surface area (Å²) in [7, 11) is -3.95. The monoisotopic (exact) mass is 339 g/mol. The van der Waals surface area contributed by atoms with Gasteiger partial charge >= 0.3 is 5.97 Å². The van der Waals surface area contributed by atoms with Crippen molar-refractivity contribution in [1.29, 1.82) is 0 Å². The number of carboxylic acids is 1. The molecule has 0 amide bonds. The van der Waals surface area contributed by atoms with Crippen molar-refractivity contribution in [3.05, 3.63) is 28.2 Å². The summed E-state index contributed by atoms with van der Waals surface area (Å²) in [6, 6.07) is 2.65. The molecule has 5 nitrogen and oxygen atoms in total. The number of sulfonamides is 1. The van der Waals surface area contributed by atoms with Gasteiger partial charge in [0.15, 0.2) is 0 Å². The lowest BCUT2D eigenvalue weighted by atomic mass is 10.1. The lowest BCUT2D eigenvalue weighted by Crippen LogP contribution is -2.40. The molecule has 0 aliphatic rings. The summed E-state index contributed by atoms with van der Waals surface area (Å²) in [5, 5.41) is 9.36. The van der Waals surface area contributed by atoms with E-state index in [1.54, 1.807) is 0 Å². The molecular weight excluding hydrogens is 325 g/mol. The van der Waals surface area contributed by atoms with Crippen LogP contribution in [-0.4, -0.2) is 25.5 Å². The lowest BCUT2D eigenvalue weighted by Gasteiger charge is -2.14. The number of halogens is 2. The van der Waals surface area contributed by atoms with Crippen LogP contribution < -0.4 is 4.72 Å². The molecule has 0 spiro atoms. The first-order valence-corrected chi connectivity index (χ1v) is 8.22. The molecule has 1 aromatic carbocycles. The molecule has 1 atom stereocenters. The summed E-state index contributed by atoms with van der Waals surface area (Å²) in [5.74, 6) is -1.21. The van der Waals surface area contributed by atoms with Crippen molar-refractivity contribution in [3.8, 4) is 0 Å². The van der Waals surface area contributed by atoms with Crippen molar-refractivity contribution in [2.45, 2.75) is 37.1 Å². The van der Waals surface area contributed by atoms with E-state index in [9.17, 15) is 13.2 Å². The van der Waals surface area contributed by atoms with E-state index < -0.39 is 22.0 Å². The number of nitrogens with one attached hydrogen (secondary N) is 1. The van der Waals surface area contributed by atoms with Crippen LogP contribution in [0.5, 0.6) is 0 Å². The Morgan fingerprint density at radius 2 is 2.00 bits per heavy atom.